The Morgan fingerprint density at radius 1 is 1.19 bits per heavy atom. The van der Waals surface area contributed by atoms with Gasteiger partial charge >= 0.3 is 6.18 Å². The molecule has 1 rings (SSSR count). The first-order valence-corrected chi connectivity index (χ1v) is 9.24. The zero-order valence-corrected chi connectivity index (χ0v) is 15.7. The summed E-state index contributed by atoms with van der Waals surface area (Å²) in [6.45, 7) is 0. The lowest BCUT2D eigenvalue weighted by atomic mass is 10.1. The highest BCUT2D eigenvalue weighted by atomic mass is 32.2. The average molecular weight is 408 g/mol. The number of alkyl halides is 3. The summed E-state index contributed by atoms with van der Waals surface area (Å²) >= 11 is 6.32. The van der Waals surface area contributed by atoms with E-state index in [-0.39, 0.29) is 10.7 Å². The predicted octanol–water partition coefficient (Wildman–Crippen LogP) is 1.68. The second-order valence-corrected chi connectivity index (χ2v) is 6.47. The van der Waals surface area contributed by atoms with Gasteiger partial charge in [-0.1, -0.05) is 0 Å². The monoisotopic (exact) mass is 408 g/mol. The van der Waals surface area contributed by atoms with Crippen molar-refractivity contribution in [1.29, 1.82) is 0 Å². The van der Waals surface area contributed by atoms with E-state index in [9.17, 15) is 22.8 Å². The van der Waals surface area contributed by atoms with Crippen LogP contribution in [0.1, 0.15) is 22.3 Å². The van der Waals surface area contributed by atoms with Gasteiger partial charge in [-0.2, -0.15) is 24.9 Å². The first kappa shape index (κ1) is 22.0. The zero-order chi connectivity index (χ0) is 19.7. The second-order valence-electron chi connectivity index (χ2n) is 5.08. The molecule has 0 spiro atoms. The Balaban J connectivity index is 2.78. The number of carbonyl (C=O) groups excluding carboxylic acids is 2. The molecule has 4 N–H and O–H groups in total. The fourth-order valence-electron chi connectivity index (χ4n) is 1.82. The Hall–Kier alpha value is -2.01. The van der Waals surface area contributed by atoms with Gasteiger partial charge in [0, 0.05) is 12.6 Å². The average Bonchev–Trinajstić information content (AvgIpc) is 2.61. The number of carbonyl (C=O) groups is 2. The maximum Gasteiger partial charge on any atom is 0.416 e. The van der Waals surface area contributed by atoms with Gasteiger partial charge in [0.2, 0.25) is 0 Å². The molecule has 0 fully saturated rings. The van der Waals surface area contributed by atoms with Crippen LogP contribution in [0.15, 0.2) is 24.3 Å². The molecular weight excluding hydrogens is 389 g/mol. The van der Waals surface area contributed by atoms with Crippen LogP contribution in [0.3, 0.4) is 0 Å². The summed E-state index contributed by atoms with van der Waals surface area (Å²) < 4.78 is 37.7. The molecule has 0 radical (unpaired) electrons. The summed E-state index contributed by atoms with van der Waals surface area (Å²) in [5, 5.41) is 5.32. The number of hydrazine groups is 1. The van der Waals surface area contributed by atoms with Crippen LogP contribution in [-0.2, 0) is 11.0 Å². The molecule has 11 heteroatoms. The van der Waals surface area contributed by atoms with Crippen molar-refractivity contribution in [2.75, 3.05) is 19.1 Å². The van der Waals surface area contributed by atoms with E-state index in [0.29, 0.717) is 12.2 Å². The van der Waals surface area contributed by atoms with Crippen molar-refractivity contribution in [2.45, 2.75) is 18.6 Å². The minimum absolute atomic E-state index is 0.0265. The maximum atomic E-state index is 12.6. The van der Waals surface area contributed by atoms with Gasteiger partial charge in [0.25, 0.3) is 11.8 Å². The van der Waals surface area contributed by atoms with Crippen molar-refractivity contribution < 1.29 is 22.8 Å². The molecule has 0 aromatic heterocycles. The molecule has 1 aromatic rings. The van der Waals surface area contributed by atoms with E-state index in [1.807, 2.05) is 6.26 Å². The molecular formula is C15H19F3N4O2S2. The standard InChI is InChI=1S/C15H19F3N4O2S2/c1-19-14(25)22-21-13(24)11(7-8-26-2)20-12(23)9-3-5-10(6-4-9)15(16,17)18/h3-6,11H,7-8H2,1-2H3,(H,20,23)(H,21,24)(H2,19,22,25). The van der Waals surface area contributed by atoms with Gasteiger partial charge in [0.05, 0.1) is 5.56 Å². The zero-order valence-electron chi connectivity index (χ0n) is 14.1. The molecule has 0 aliphatic carbocycles. The van der Waals surface area contributed by atoms with Gasteiger partial charge in [0.1, 0.15) is 6.04 Å². The number of hydrogen-bond acceptors (Lipinski definition) is 4. The van der Waals surface area contributed by atoms with E-state index in [0.717, 1.165) is 24.3 Å². The molecule has 1 atom stereocenters. The lowest BCUT2D eigenvalue weighted by molar-refractivity contribution is -0.137. The first-order valence-electron chi connectivity index (χ1n) is 7.43. The van der Waals surface area contributed by atoms with Crippen LogP contribution in [0.5, 0.6) is 0 Å². The third-order valence-electron chi connectivity index (χ3n) is 3.23. The fourth-order valence-corrected chi connectivity index (χ4v) is 2.35. The lowest BCUT2D eigenvalue weighted by Gasteiger charge is -2.19. The number of benzene rings is 1. The number of halogens is 3. The lowest BCUT2D eigenvalue weighted by Crippen LogP contribution is -2.54. The van der Waals surface area contributed by atoms with Gasteiger partial charge < -0.3 is 10.6 Å². The number of thioether (sulfide) groups is 1. The van der Waals surface area contributed by atoms with Gasteiger partial charge in [-0.05, 0) is 54.9 Å². The Morgan fingerprint density at radius 2 is 1.81 bits per heavy atom. The first-order chi connectivity index (χ1) is 12.2. The minimum atomic E-state index is -4.48. The molecule has 6 nitrogen and oxygen atoms in total. The van der Waals surface area contributed by atoms with Crippen LogP contribution < -0.4 is 21.5 Å². The second kappa shape index (κ2) is 10.2. The van der Waals surface area contributed by atoms with Gasteiger partial charge in [-0.3, -0.25) is 20.4 Å². The normalized spacial score (nSPS) is 12.0. The van der Waals surface area contributed by atoms with Crippen molar-refractivity contribution in [3.63, 3.8) is 0 Å². The highest BCUT2D eigenvalue weighted by molar-refractivity contribution is 7.98. The Labute approximate surface area is 158 Å². The number of hydrogen-bond donors (Lipinski definition) is 4. The SMILES string of the molecule is CNC(=S)NNC(=O)C(CCSC)NC(=O)c1ccc(C(F)(F)F)cc1. The third kappa shape index (κ3) is 7.08. The summed E-state index contributed by atoms with van der Waals surface area (Å²) in [5.74, 6) is -0.560. The number of thiocarbonyl (C=S) groups is 1. The molecule has 2 amide bonds. The smallest absolute Gasteiger partial charge is 0.364 e. The van der Waals surface area contributed by atoms with Gasteiger partial charge in [0.15, 0.2) is 5.11 Å². The highest BCUT2D eigenvalue weighted by Gasteiger charge is 2.30. The molecule has 0 saturated carbocycles. The number of rotatable bonds is 6. The van der Waals surface area contributed by atoms with E-state index in [1.54, 1.807) is 7.05 Å². The molecule has 0 aliphatic heterocycles. The summed E-state index contributed by atoms with van der Waals surface area (Å²) in [4.78, 5) is 24.4. The van der Waals surface area contributed by atoms with Crippen molar-refractivity contribution in [1.82, 2.24) is 21.5 Å². The molecule has 0 aliphatic rings. The summed E-state index contributed by atoms with van der Waals surface area (Å²) in [6, 6.07) is 2.90. The molecule has 144 valence electrons. The molecule has 1 unspecified atom stereocenters. The van der Waals surface area contributed by atoms with Crippen LogP contribution in [0.2, 0.25) is 0 Å². The molecule has 0 bridgehead atoms. The minimum Gasteiger partial charge on any atom is -0.364 e. The van der Waals surface area contributed by atoms with Crippen LogP contribution in [0, 0.1) is 0 Å². The number of amides is 2. The van der Waals surface area contributed by atoms with Crippen molar-refractivity contribution in [2.24, 2.45) is 0 Å². The van der Waals surface area contributed by atoms with Crippen molar-refractivity contribution in [3.05, 3.63) is 35.4 Å². The van der Waals surface area contributed by atoms with Crippen molar-refractivity contribution in [3.8, 4) is 0 Å². The molecule has 0 saturated heterocycles. The summed E-state index contributed by atoms with van der Waals surface area (Å²) in [7, 11) is 1.57. The molecule has 0 heterocycles. The van der Waals surface area contributed by atoms with E-state index in [2.05, 4.69) is 21.5 Å². The van der Waals surface area contributed by atoms with Crippen molar-refractivity contribution >= 4 is 40.9 Å². The van der Waals surface area contributed by atoms with E-state index in [4.69, 9.17) is 12.2 Å². The Kier molecular flexibility index (Phi) is 8.66. The van der Waals surface area contributed by atoms with Crippen LogP contribution in [0.4, 0.5) is 13.2 Å². The predicted molar refractivity (Wildman–Crippen MR) is 98.6 cm³/mol. The topological polar surface area (TPSA) is 82.3 Å². The van der Waals surface area contributed by atoms with E-state index >= 15 is 0 Å². The van der Waals surface area contributed by atoms with Crippen LogP contribution in [0.25, 0.3) is 0 Å². The Bertz CT molecular complexity index is 639. The largest absolute Gasteiger partial charge is 0.416 e. The molecule has 26 heavy (non-hydrogen) atoms. The maximum absolute atomic E-state index is 12.6. The van der Waals surface area contributed by atoms with E-state index in [1.165, 1.54) is 11.8 Å². The van der Waals surface area contributed by atoms with E-state index < -0.39 is 29.6 Å². The highest BCUT2D eigenvalue weighted by Crippen LogP contribution is 2.29. The Morgan fingerprint density at radius 3 is 2.31 bits per heavy atom. The van der Waals surface area contributed by atoms with Crippen LogP contribution in [-0.4, -0.2) is 42.0 Å². The number of nitrogens with one attached hydrogen (secondary N) is 4. The fraction of sp³-hybridized carbons (Fsp3) is 0.400. The summed E-state index contributed by atoms with van der Waals surface area (Å²) in [5.41, 5.74) is 4.00. The van der Waals surface area contributed by atoms with Gasteiger partial charge in [-0.25, -0.2) is 0 Å². The third-order valence-corrected chi connectivity index (χ3v) is 4.18. The quantitative estimate of drug-likeness (QED) is 0.424. The van der Waals surface area contributed by atoms with Gasteiger partial charge in [-0.15, -0.1) is 0 Å². The van der Waals surface area contributed by atoms with Crippen LogP contribution >= 0.6 is 24.0 Å². The summed E-state index contributed by atoms with van der Waals surface area (Å²) in [6.07, 6.45) is -2.29. The molecule has 1 aromatic carbocycles.